The first-order valence-corrected chi connectivity index (χ1v) is 24.3. The molecule has 4 rings (SSSR count). The van der Waals surface area contributed by atoms with Crippen molar-refractivity contribution in [3.05, 3.63) is 102 Å². The van der Waals surface area contributed by atoms with E-state index in [0.29, 0.717) is 25.8 Å². The Labute approximate surface area is 392 Å². The number of benzene rings is 3. The molecule has 4 amide bonds. The van der Waals surface area contributed by atoms with Crippen molar-refractivity contribution in [1.29, 1.82) is 0 Å². The number of carbonyl (C=O) groups excluding carboxylic acids is 4. The summed E-state index contributed by atoms with van der Waals surface area (Å²) in [6, 6.07) is 20.5. The average Bonchev–Trinajstić information content (AvgIpc) is 3.71. The highest BCUT2D eigenvalue weighted by molar-refractivity contribution is 5.94. The van der Waals surface area contributed by atoms with E-state index in [1.165, 1.54) is 37.8 Å². The second kappa shape index (κ2) is 29.6. The van der Waals surface area contributed by atoms with Crippen molar-refractivity contribution in [3.8, 4) is 5.75 Å². The molecular weight excluding hydrogens is 831 g/mol. The van der Waals surface area contributed by atoms with Crippen LogP contribution in [0.1, 0.15) is 120 Å². The fourth-order valence-corrected chi connectivity index (χ4v) is 8.27. The topological polar surface area (TPSA) is 220 Å². The van der Waals surface area contributed by atoms with E-state index in [4.69, 9.17) is 11.5 Å². The maximum absolute atomic E-state index is 14.6. The van der Waals surface area contributed by atoms with Gasteiger partial charge in [-0.05, 0) is 80.6 Å². The number of H-pyrrole nitrogens is 1. The van der Waals surface area contributed by atoms with Crippen LogP contribution in [0.15, 0.2) is 90.1 Å². The number of phenols is 1. The van der Waals surface area contributed by atoms with Crippen LogP contribution >= 0.6 is 0 Å². The maximum atomic E-state index is 14.6. The Bertz CT molecular complexity index is 2070. The van der Waals surface area contributed by atoms with Crippen molar-refractivity contribution in [2.75, 3.05) is 26.7 Å². The van der Waals surface area contributed by atoms with Gasteiger partial charge in [0.2, 0.25) is 23.6 Å². The molecule has 0 aliphatic heterocycles. The van der Waals surface area contributed by atoms with Crippen LogP contribution in [-0.2, 0) is 38.4 Å². The Morgan fingerprint density at radius 3 is 1.91 bits per heavy atom. The molecule has 66 heavy (non-hydrogen) atoms. The van der Waals surface area contributed by atoms with Crippen molar-refractivity contribution < 1.29 is 24.3 Å². The molecular formula is C52H77N9O5. The van der Waals surface area contributed by atoms with E-state index < -0.39 is 29.9 Å². The van der Waals surface area contributed by atoms with Gasteiger partial charge in [-0.15, -0.1) is 0 Å². The van der Waals surface area contributed by atoms with Gasteiger partial charge >= 0.3 is 0 Å². The summed E-state index contributed by atoms with van der Waals surface area (Å²) >= 11 is 0. The van der Waals surface area contributed by atoms with E-state index in [1.807, 2.05) is 54.7 Å². The summed E-state index contributed by atoms with van der Waals surface area (Å²) in [6.45, 7) is 6.10. The molecule has 1 aromatic heterocycles. The van der Waals surface area contributed by atoms with Crippen LogP contribution in [0, 0.1) is 0 Å². The number of aromatic amines is 1. The summed E-state index contributed by atoms with van der Waals surface area (Å²) in [7, 11) is 2.07. The molecule has 0 saturated heterocycles. The van der Waals surface area contributed by atoms with E-state index in [0.717, 1.165) is 72.7 Å². The highest BCUT2D eigenvalue weighted by atomic mass is 16.3. The predicted octanol–water partition coefficient (Wildman–Crippen LogP) is 6.55. The molecule has 0 aliphatic rings. The molecule has 4 atom stereocenters. The number of aliphatic imine (C=N–C) groups is 1. The molecule has 10 N–H and O–H groups in total. The average molecular weight is 908 g/mol. The Kier molecular flexibility index (Phi) is 23.7. The predicted molar refractivity (Wildman–Crippen MR) is 266 cm³/mol. The lowest BCUT2D eigenvalue weighted by atomic mass is 10.0. The maximum Gasteiger partial charge on any atom is 0.243 e. The Morgan fingerprint density at radius 1 is 0.652 bits per heavy atom. The lowest BCUT2D eigenvalue weighted by molar-refractivity contribution is -0.134. The number of unbranched alkanes of at least 4 members (excludes halogenated alkanes) is 9. The third-order valence-corrected chi connectivity index (χ3v) is 11.9. The number of carbonyl (C=O) groups is 4. The zero-order valence-electron chi connectivity index (χ0n) is 39.7. The van der Waals surface area contributed by atoms with Crippen LogP contribution < -0.4 is 32.7 Å². The zero-order valence-corrected chi connectivity index (χ0v) is 39.7. The SMILES string of the molecule is CCCCCCCCCC(=O)NC(Cc1ccc(O)cc1)C(=O)NC(Cc1ccccc1)C(=O)NC(CCCN=C(N)N)C(=O)NC(Cc1c[nH]c2ccccc12)CN(C)CCCCCC. The van der Waals surface area contributed by atoms with Crippen LogP contribution in [0.3, 0.4) is 0 Å². The number of nitrogens with one attached hydrogen (secondary N) is 5. The number of hydrogen-bond donors (Lipinski definition) is 8. The molecule has 0 aliphatic carbocycles. The van der Waals surface area contributed by atoms with Gasteiger partial charge in [0, 0.05) is 55.5 Å². The van der Waals surface area contributed by atoms with Gasteiger partial charge in [-0.1, -0.05) is 132 Å². The van der Waals surface area contributed by atoms with Crippen molar-refractivity contribution in [1.82, 2.24) is 31.2 Å². The number of hydrogen-bond acceptors (Lipinski definition) is 7. The van der Waals surface area contributed by atoms with E-state index in [9.17, 15) is 24.3 Å². The zero-order chi connectivity index (χ0) is 47.5. The molecule has 3 aromatic carbocycles. The summed E-state index contributed by atoms with van der Waals surface area (Å²) in [5.41, 5.74) is 14.9. The van der Waals surface area contributed by atoms with Crippen LogP contribution in [0.5, 0.6) is 5.75 Å². The van der Waals surface area contributed by atoms with Gasteiger partial charge in [-0.25, -0.2) is 0 Å². The summed E-state index contributed by atoms with van der Waals surface area (Å²) < 4.78 is 0. The minimum absolute atomic E-state index is 0.0669. The quantitative estimate of drug-likeness (QED) is 0.0152. The molecule has 0 radical (unpaired) electrons. The lowest BCUT2D eigenvalue weighted by Crippen LogP contribution is -2.58. The van der Waals surface area contributed by atoms with Crippen LogP contribution in [-0.4, -0.2) is 95.4 Å². The Hall–Kier alpha value is -5.89. The molecule has 360 valence electrons. The fraction of sp³-hybridized carbons (Fsp3) is 0.519. The van der Waals surface area contributed by atoms with Crippen LogP contribution in [0.4, 0.5) is 0 Å². The molecule has 14 heteroatoms. The number of para-hydroxylation sites is 1. The molecule has 4 unspecified atom stereocenters. The molecule has 0 bridgehead atoms. The normalized spacial score (nSPS) is 13.1. The molecule has 14 nitrogen and oxygen atoms in total. The number of phenolic OH excluding ortho intramolecular Hbond substituents is 1. The second-order valence-electron chi connectivity index (χ2n) is 17.7. The van der Waals surface area contributed by atoms with Crippen molar-refractivity contribution in [2.24, 2.45) is 16.5 Å². The molecule has 0 spiro atoms. The summed E-state index contributed by atoms with van der Waals surface area (Å²) in [5, 5.41) is 23.2. The minimum Gasteiger partial charge on any atom is -0.508 e. The van der Waals surface area contributed by atoms with Crippen molar-refractivity contribution in [2.45, 2.75) is 147 Å². The third kappa shape index (κ3) is 19.7. The smallest absolute Gasteiger partial charge is 0.243 e. The number of nitrogens with zero attached hydrogens (tertiary/aromatic N) is 2. The standard InChI is InChI=1S/C52H77N9O5/c1-4-6-8-10-11-12-16-26-48(63)58-46(34-39-27-29-42(62)30-28-39)50(65)60-47(33-38-21-14-13-15-22-38)51(66)59-45(25-20-31-55-52(53)54)49(64)57-41(37-61(3)32-19-9-7-5-2)35-40-36-56-44-24-18-17-23-43(40)44/h13-15,17-18,21-24,27-30,36,41,45-47,56,62H,4-12,16,19-20,25-26,31-35,37H2,1-3H3,(H,57,64)(H,58,63)(H,59,66)(H,60,65)(H4,53,54,55). The first-order valence-electron chi connectivity index (χ1n) is 24.3. The van der Waals surface area contributed by atoms with E-state index >= 15 is 0 Å². The molecule has 0 fully saturated rings. The number of guanidine groups is 1. The van der Waals surface area contributed by atoms with E-state index in [-0.39, 0.29) is 61.8 Å². The summed E-state index contributed by atoms with van der Waals surface area (Å²) in [5.74, 6) is -1.68. The van der Waals surface area contributed by atoms with Gasteiger partial charge in [-0.3, -0.25) is 24.2 Å². The van der Waals surface area contributed by atoms with Crippen LogP contribution in [0.2, 0.25) is 0 Å². The highest BCUT2D eigenvalue weighted by Crippen LogP contribution is 2.20. The number of rotatable bonds is 32. The Balaban J connectivity index is 1.57. The van der Waals surface area contributed by atoms with Gasteiger partial charge in [0.25, 0.3) is 0 Å². The van der Waals surface area contributed by atoms with Crippen LogP contribution in [0.25, 0.3) is 10.9 Å². The number of amides is 4. The van der Waals surface area contributed by atoms with Gasteiger partial charge in [-0.2, -0.15) is 0 Å². The van der Waals surface area contributed by atoms with Crippen molar-refractivity contribution >= 4 is 40.5 Å². The number of nitrogens with two attached hydrogens (primary N) is 2. The monoisotopic (exact) mass is 908 g/mol. The second-order valence-corrected chi connectivity index (χ2v) is 17.7. The molecule has 1 heterocycles. The number of aromatic nitrogens is 1. The van der Waals surface area contributed by atoms with Gasteiger partial charge < -0.3 is 47.7 Å². The van der Waals surface area contributed by atoms with Gasteiger partial charge in [0.1, 0.15) is 23.9 Å². The summed E-state index contributed by atoms with van der Waals surface area (Å²) in [4.78, 5) is 66.5. The third-order valence-electron chi connectivity index (χ3n) is 11.9. The van der Waals surface area contributed by atoms with Crippen molar-refractivity contribution in [3.63, 3.8) is 0 Å². The first kappa shape index (κ1) is 52.7. The largest absolute Gasteiger partial charge is 0.508 e. The fourth-order valence-electron chi connectivity index (χ4n) is 8.27. The van der Waals surface area contributed by atoms with Gasteiger partial charge in [0.05, 0.1) is 0 Å². The summed E-state index contributed by atoms with van der Waals surface area (Å²) in [6.07, 6.45) is 15.6. The highest BCUT2D eigenvalue weighted by Gasteiger charge is 2.31. The first-order chi connectivity index (χ1) is 31.9. The van der Waals surface area contributed by atoms with E-state index in [1.54, 1.807) is 12.1 Å². The van der Waals surface area contributed by atoms with Gasteiger partial charge in [0.15, 0.2) is 5.96 Å². The number of likely N-dealkylation sites (N-methyl/N-ethyl adjacent to an activating group) is 1. The minimum atomic E-state index is -1.11. The van der Waals surface area contributed by atoms with E-state index in [2.05, 4.69) is 63.1 Å². The lowest BCUT2D eigenvalue weighted by Gasteiger charge is -2.29. The Morgan fingerprint density at radius 2 is 1.23 bits per heavy atom. The molecule has 4 aromatic rings. The number of aromatic hydroxyl groups is 1. The number of fused-ring (bicyclic) bond motifs is 1. The molecule has 0 saturated carbocycles.